The van der Waals surface area contributed by atoms with Gasteiger partial charge in [-0.25, -0.2) is 4.90 Å². The molecule has 0 bridgehead atoms. The van der Waals surface area contributed by atoms with Crippen molar-refractivity contribution in [2.45, 2.75) is 0 Å². The number of nitro benzene ring substituents is 1. The van der Waals surface area contributed by atoms with Crippen molar-refractivity contribution in [1.82, 2.24) is 0 Å². The van der Waals surface area contributed by atoms with E-state index in [-0.39, 0.29) is 10.7 Å². The van der Waals surface area contributed by atoms with Gasteiger partial charge in [0.15, 0.2) is 0 Å². The van der Waals surface area contributed by atoms with Crippen LogP contribution in [0.25, 0.3) is 0 Å². The number of non-ortho nitro benzene ring substituents is 1. The number of benzene rings is 2. The van der Waals surface area contributed by atoms with Crippen molar-refractivity contribution in [2.75, 3.05) is 4.90 Å². The molecule has 0 aliphatic carbocycles. The van der Waals surface area contributed by atoms with E-state index < -0.39 is 16.7 Å². The number of nitro groups is 1. The van der Waals surface area contributed by atoms with Gasteiger partial charge >= 0.3 is 0 Å². The van der Waals surface area contributed by atoms with E-state index in [2.05, 4.69) is 42.1 Å². The molecule has 1 aliphatic rings. The molecule has 0 radical (unpaired) electrons. The Labute approximate surface area is 173 Å². The molecule has 1 aliphatic heterocycles. The molecule has 8 nitrogen and oxygen atoms in total. The van der Waals surface area contributed by atoms with Gasteiger partial charge in [0.25, 0.3) is 17.5 Å². The number of carbonyl (C=O) groups excluding carboxylic acids is 2. The maximum absolute atomic E-state index is 11.7. The lowest BCUT2D eigenvalue weighted by atomic mass is 10.2. The first kappa shape index (κ1) is 19.3. The number of nitrogens with zero attached hydrogens (tertiary/aromatic N) is 4. The Kier molecular flexibility index (Phi) is 5.49. The average Bonchev–Trinajstić information content (AvgIpc) is 2.93. The summed E-state index contributed by atoms with van der Waals surface area (Å²) in [6, 6.07) is 7.07. The molecule has 0 saturated heterocycles. The second-order valence-electron chi connectivity index (χ2n) is 5.20. The Balaban J connectivity index is 1.90. The molecular weight excluding hydrogens is 507 g/mol. The van der Waals surface area contributed by atoms with Gasteiger partial charge in [0.2, 0.25) is 0 Å². The van der Waals surface area contributed by atoms with Crippen LogP contribution in [0, 0.1) is 10.1 Å². The highest BCUT2D eigenvalue weighted by Crippen LogP contribution is 2.39. The van der Waals surface area contributed by atoms with Crippen molar-refractivity contribution in [2.24, 2.45) is 10.2 Å². The first-order valence-electron chi connectivity index (χ1n) is 7.19. The Hall–Kier alpha value is -2.43. The highest BCUT2D eigenvalue weighted by molar-refractivity contribution is 9.11. The average molecular weight is 515 g/mol. The van der Waals surface area contributed by atoms with Gasteiger partial charge in [-0.05, 0) is 50.1 Å². The molecule has 0 atom stereocenters. The van der Waals surface area contributed by atoms with E-state index in [0.717, 1.165) is 4.90 Å². The fourth-order valence-electron chi connectivity index (χ4n) is 2.23. The van der Waals surface area contributed by atoms with Gasteiger partial charge in [-0.2, -0.15) is 0 Å². The quantitative estimate of drug-likeness (QED) is 0.229. The second kappa shape index (κ2) is 7.67. The van der Waals surface area contributed by atoms with Gasteiger partial charge in [-0.15, -0.1) is 10.2 Å². The van der Waals surface area contributed by atoms with Crippen molar-refractivity contribution in [3.8, 4) is 0 Å². The third-order valence-electron chi connectivity index (χ3n) is 3.47. The number of rotatable bonds is 4. The Morgan fingerprint density at radius 3 is 2.11 bits per heavy atom. The van der Waals surface area contributed by atoms with Crippen LogP contribution in [0.3, 0.4) is 0 Å². The molecule has 2 aromatic carbocycles. The van der Waals surface area contributed by atoms with Crippen molar-refractivity contribution in [3.63, 3.8) is 0 Å². The summed E-state index contributed by atoms with van der Waals surface area (Å²) in [7, 11) is 0. The number of imide groups is 1. The summed E-state index contributed by atoms with van der Waals surface area (Å²) < 4.78 is 0.749. The molecular formula is C16H7Br2ClN4O4. The van der Waals surface area contributed by atoms with Crippen molar-refractivity contribution in [3.05, 3.63) is 66.6 Å². The molecule has 3 rings (SSSR count). The zero-order valence-corrected chi connectivity index (χ0v) is 17.0. The number of azo groups is 1. The molecule has 11 heteroatoms. The fraction of sp³-hybridized carbons (Fsp3) is 0. The minimum absolute atomic E-state index is 0.108. The standard InChI is InChI=1S/C16H7Br2ClN4O4/c17-10-5-9(23(26)27)6-11(18)16(10)21-20-13-2-1-8(7-12(13)19)22-14(24)3-4-15(22)25/h1-7H. The third kappa shape index (κ3) is 3.97. The molecule has 0 fully saturated rings. The van der Waals surface area contributed by atoms with Crippen molar-refractivity contribution < 1.29 is 14.5 Å². The smallest absolute Gasteiger partial charge is 0.269 e. The summed E-state index contributed by atoms with van der Waals surface area (Å²) in [5, 5.41) is 19.1. The van der Waals surface area contributed by atoms with Gasteiger partial charge in [0.1, 0.15) is 11.4 Å². The largest absolute Gasteiger partial charge is 0.271 e. The van der Waals surface area contributed by atoms with Crippen LogP contribution in [-0.2, 0) is 9.59 Å². The van der Waals surface area contributed by atoms with E-state index in [1.54, 1.807) is 0 Å². The van der Waals surface area contributed by atoms with E-state index in [1.807, 2.05) is 0 Å². The number of carbonyl (C=O) groups is 2. The molecule has 0 N–H and O–H groups in total. The number of amides is 2. The van der Waals surface area contributed by atoms with Gasteiger partial charge in [0.05, 0.1) is 24.6 Å². The predicted molar refractivity (Wildman–Crippen MR) is 106 cm³/mol. The maximum atomic E-state index is 11.7. The monoisotopic (exact) mass is 512 g/mol. The van der Waals surface area contributed by atoms with Crippen LogP contribution in [0.15, 0.2) is 61.7 Å². The summed E-state index contributed by atoms with van der Waals surface area (Å²) in [6.45, 7) is 0. The van der Waals surface area contributed by atoms with Gasteiger partial charge in [0, 0.05) is 24.3 Å². The summed E-state index contributed by atoms with van der Waals surface area (Å²) in [6.07, 6.45) is 2.35. The van der Waals surface area contributed by atoms with Crippen LogP contribution in [0.5, 0.6) is 0 Å². The van der Waals surface area contributed by atoms with E-state index in [9.17, 15) is 19.7 Å². The van der Waals surface area contributed by atoms with E-state index in [1.165, 1.54) is 42.5 Å². The fourth-order valence-corrected chi connectivity index (χ4v) is 3.76. The minimum Gasteiger partial charge on any atom is -0.269 e. The highest BCUT2D eigenvalue weighted by Gasteiger charge is 2.25. The Morgan fingerprint density at radius 1 is 1.00 bits per heavy atom. The summed E-state index contributed by atoms with van der Waals surface area (Å²) >= 11 is 12.6. The zero-order valence-electron chi connectivity index (χ0n) is 13.1. The van der Waals surface area contributed by atoms with Gasteiger partial charge in [-0.3, -0.25) is 19.7 Å². The normalized spacial score (nSPS) is 13.8. The molecule has 0 spiro atoms. The lowest BCUT2D eigenvalue weighted by molar-refractivity contribution is -0.385. The lowest BCUT2D eigenvalue weighted by Crippen LogP contribution is -2.29. The number of hydrogen-bond acceptors (Lipinski definition) is 6. The predicted octanol–water partition coefficient (Wildman–Crippen LogP) is 5.62. The van der Waals surface area contributed by atoms with Crippen LogP contribution in [-0.4, -0.2) is 16.7 Å². The SMILES string of the molecule is O=C1C=CC(=O)N1c1ccc(N=Nc2c(Br)cc([N+](=O)[O-])cc2Br)c(Cl)c1. The van der Waals surface area contributed by atoms with Crippen LogP contribution in [0.2, 0.25) is 5.02 Å². The lowest BCUT2D eigenvalue weighted by Gasteiger charge is -2.14. The molecule has 2 amide bonds. The summed E-state index contributed by atoms with van der Waals surface area (Å²) in [4.78, 5) is 34.8. The van der Waals surface area contributed by atoms with Gasteiger partial charge < -0.3 is 0 Å². The summed E-state index contributed by atoms with van der Waals surface area (Å²) in [5.74, 6) is -0.909. The van der Waals surface area contributed by atoms with Crippen molar-refractivity contribution in [1.29, 1.82) is 0 Å². The topological polar surface area (TPSA) is 105 Å². The number of hydrogen-bond donors (Lipinski definition) is 0. The first-order valence-corrected chi connectivity index (χ1v) is 9.15. The molecule has 27 heavy (non-hydrogen) atoms. The maximum Gasteiger partial charge on any atom is 0.271 e. The number of anilines is 1. The molecule has 0 saturated carbocycles. The molecule has 0 unspecified atom stereocenters. The minimum atomic E-state index is -0.526. The molecule has 2 aromatic rings. The third-order valence-corrected chi connectivity index (χ3v) is 4.98. The molecule has 1 heterocycles. The summed E-state index contributed by atoms with van der Waals surface area (Å²) in [5.41, 5.74) is 0.847. The zero-order chi connectivity index (χ0) is 19.7. The van der Waals surface area contributed by atoms with Crippen molar-refractivity contribution >= 4 is 78.0 Å². The van der Waals surface area contributed by atoms with Crippen LogP contribution in [0.1, 0.15) is 0 Å². The number of halogens is 3. The first-order chi connectivity index (χ1) is 12.8. The van der Waals surface area contributed by atoms with E-state index >= 15 is 0 Å². The highest BCUT2D eigenvalue weighted by atomic mass is 79.9. The van der Waals surface area contributed by atoms with Gasteiger partial charge in [-0.1, -0.05) is 11.6 Å². The van der Waals surface area contributed by atoms with E-state index in [0.29, 0.717) is 26.0 Å². The molecule has 0 aromatic heterocycles. The Bertz CT molecular complexity index is 1010. The Morgan fingerprint density at radius 2 is 1.59 bits per heavy atom. The molecule has 136 valence electrons. The van der Waals surface area contributed by atoms with E-state index in [4.69, 9.17) is 11.6 Å². The van der Waals surface area contributed by atoms with Crippen LogP contribution >= 0.6 is 43.5 Å². The van der Waals surface area contributed by atoms with Crippen LogP contribution < -0.4 is 4.90 Å². The van der Waals surface area contributed by atoms with Crippen LogP contribution in [0.4, 0.5) is 22.7 Å². The second-order valence-corrected chi connectivity index (χ2v) is 7.31.